The smallest absolute Gasteiger partial charge is 0.231 e. The van der Waals surface area contributed by atoms with E-state index in [0.29, 0.717) is 50.7 Å². The monoisotopic (exact) mass is 524 g/mol. The van der Waals surface area contributed by atoms with Crippen molar-refractivity contribution in [1.29, 1.82) is 0 Å². The van der Waals surface area contributed by atoms with E-state index in [4.69, 9.17) is 0 Å². The average molecular weight is 525 g/mol. The molecule has 1 aliphatic carbocycles. The highest BCUT2D eigenvalue weighted by Crippen LogP contribution is 2.42. The van der Waals surface area contributed by atoms with Crippen molar-refractivity contribution >= 4 is 11.7 Å². The van der Waals surface area contributed by atoms with Gasteiger partial charge in [0.1, 0.15) is 18.0 Å². The number of aromatic nitrogens is 2. The maximum Gasteiger partial charge on any atom is 0.231 e. The molecule has 0 radical (unpaired) electrons. The van der Waals surface area contributed by atoms with Crippen molar-refractivity contribution in [3.05, 3.63) is 52.7 Å². The number of nitrogens with zero attached hydrogens (tertiary/aromatic N) is 6. The van der Waals surface area contributed by atoms with E-state index in [1.54, 1.807) is 19.1 Å². The zero-order valence-corrected chi connectivity index (χ0v) is 23.1. The van der Waals surface area contributed by atoms with Crippen LogP contribution >= 0.6 is 0 Å². The Bertz CT molecular complexity index is 1140. The molecule has 0 bridgehead atoms. The summed E-state index contributed by atoms with van der Waals surface area (Å²) in [5.74, 6) is 0.486. The largest absolute Gasteiger partial charge is 0.387 e. The Balaban J connectivity index is 1.30. The first-order chi connectivity index (χ1) is 18.2. The van der Waals surface area contributed by atoms with Crippen LogP contribution in [0.5, 0.6) is 0 Å². The van der Waals surface area contributed by atoms with Crippen LogP contribution in [0.3, 0.4) is 0 Å². The van der Waals surface area contributed by atoms with Gasteiger partial charge in [-0.3, -0.25) is 14.6 Å². The summed E-state index contributed by atoms with van der Waals surface area (Å²) in [6.07, 6.45) is 1.66. The molecule has 2 saturated heterocycles. The van der Waals surface area contributed by atoms with Gasteiger partial charge in [0.15, 0.2) is 0 Å². The van der Waals surface area contributed by atoms with Crippen molar-refractivity contribution in [3.63, 3.8) is 0 Å². The van der Waals surface area contributed by atoms with Gasteiger partial charge in [-0.1, -0.05) is 19.1 Å². The number of hydrogen-bond donors (Lipinski definition) is 1. The second-order valence-electron chi connectivity index (χ2n) is 11.5. The summed E-state index contributed by atoms with van der Waals surface area (Å²) in [6, 6.07) is 5.76. The number of halogens is 1. The Morgan fingerprint density at radius 1 is 1.08 bits per heavy atom. The topological polar surface area (TPSA) is 76.0 Å². The van der Waals surface area contributed by atoms with Crippen LogP contribution in [0.4, 0.5) is 10.2 Å². The molecule has 2 fully saturated rings. The molecule has 1 N–H and O–H groups in total. The van der Waals surface area contributed by atoms with Crippen LogP contribution < -0.4 is 4.90 Å². The number of anilines is 1. The Hall–Kier alpha value is -2.62. The molecular formula is C29H41FN6O2. The quantitative estimate of drug-likeness (QED) is 0.623. The molecule has 3 aliphatic rings. The number of aliphatic hydroxyl groups is 1. The fraction of sp³-hybridized carbons (Fsp3) is 0.621. The predicted octanol–water partition coefficient (Wildman–Crippen LogP) is 2.92. The van der Waals surface area contributed by atoms with Crippen LogP contribution in [0.1, 0.15) is 67.5 Å². The third-order valence-corrected chi connectivity index (χ3v) is 8.64. The Morgan fingerprint density at radius 3 is 2.45 bits per heavy atom. The van der Waals surface area contributed by atoms with E-state index in [2.05, 4.69) is 45.4 Å². The summed E-state index contributed by atoms with van der Waals surface area (Å²) >= 11 is 0. The van der Waals surface area contributed by atoms with E-state index in [1.165, 1.54) is 6.33 Å². The molecule has 1 aromatic carbocycles. The molecule has 5 rings (SSSR count). The van der Waals surface area contributed by atoms with Gasteiger partial charge in [-0.2, -0.15) is 0 Å². The van der Waals surface area contributed by atoms with Crippen molar-refractivity contribution < 1.29 is 14.3 Å². The van der Waals surface area contributed by atoms with Gasteiger partial charge in [0.2, 0.25) is 5.91 Å². The lowest BCUT2D eigenvalue weighted by Crippen LogP contribution is -2.53. The fourth-order valence-corrected chi connectivity index (χ4v) is 6.19. The molecule has 1 aromatic heterocycles. The summed E-state index contributed by atoms with van der Waals surface area (Å²) in [5.41, 5.74) is 3.12. The number of aliphatic hydroxyl groups excluding tert-OH is 1. The Kier molecular flexibility index (Phi) is 7.98. The average Bonchev–Trinajstić information content (AvgIpc) is 3.22. The van der Waals surface area contributed by atoms with E-state index >= 15 is 0 Å². The zero-order chi connectivity index (χ0) is 27.0. The van der Waals surface area contributed by atoms with Crippen LogP contribution in [0.2, 0.25) is 0 Å². The summed E-state index contributed by atoms with van der Waals surface area (Å²) in [7, 11) is 0. The lowest BCUT2D eigenvalue weighted by Gasteiger charge is -2.40. The van der Waals surface area contributed by atoms with Crippen molar-refractivity contribution in [2.45, 2.75) is 58.1 Å². The Morgan fingerprint density at radius 2 is 1.79 bits per heavy atom. The van der Waals surface area contributed by atoms with Crippen LogP contribution in [0, 0.1) is 12.7 Å². The third kappa shape index (κ3) is 5.42. The maximum atomic E-state index is 14.6. The van der Waals surface area contributed by atoms with Crippen molar-refractivity contribution in [3.8, 4) is 0 Å². The molecule has 2 aliphatic heterocycles. The molecule has 38 heavy (non-hydrogen) atoms. The molecule has 2 aromatic rings. The number of carbonyl (C=O) groups is 1. The highest BCUT2D eigenvalue weighted by molar-refractivity contribution is 5.84. The van der Waals surface area contributed by atoms with Gasteiger partial charge in [-0.15, -0.1) is 0 Å². The molecule has 3 heterocycles. The molecule has 0 spiro atoms. The van der Waals surface area contributed by atoms with Crippen molar-refractivity contribution in [1.82, 2.24) is 24.7 Å². The number of carbonyl (C=O) groups excluding carboxylic acids is 1. The third-order valence-electron chi connectivity index (χ3n) is 8.64. The zero-order valence-electron chi connectivity index (χ0n) is 23.1. The minimum Gasteiger partial charge on any atom is -0.387 e. The predicted molar refractivity (Wildman–Crippen MR) is 146 cm³/mol. The number of benzene rings is 1. The van der Waals surface area contributed by atoms with E-state index < -0.39 is 12.0 Å². The highest BCUT2D eigenvalue weighted by Gasteiger charge is 2.35. The lowest BCUT2D eigenvalue weighted by molar-refractivity contribution is -0.133. The second kappa shape index (κ2) is 11.2. The van der Waals surface area contributed by atoms with Crippen LogP contribution in [-0.4, -0.2) is 101 Å². The summed E-state index contributed by atoms with van der Waals surface area (Å²) < 4.78 is 14.6. The SMILES string of the molecule is Cc1ccc([C@H](CN2CCN(C(C)C)CC2)C(=O)N2CCN(c3ncnc4c3[C@H](C)C[C@H]4O)CC2)cc1F. The number of amides is 1. The number of fused-ring (bicyclic) bond motifs is 1. The number of piperazine rings is 2. The van der Waals surface area contributed by atoms with E-state index in [9.17, 15) is 14.3 Å². The standard InChI is InChI=1S/C29H41FN6O2/c1-19(2)34-9-7-33(8-10-34)17-23(22-6-5-20(3)24(30)16-22)29(38)36-13-11-35(12-14-36)28-26-21(4)15-25(37)27(26)31-18-32-28/h5-6,16,18-19,21,23,25,37H,7-15,17H2,1-4H3/t21-,23+,25-/m1/s1. The molecular weight excluding hydrogens is 483 g/mol. The number of hydrogen-bond acceptors (Lipinski definition) is 7. The normalized spacial score (nSPS) is 23.7. The molecule has 206 valence electrons. The van der Waals surface area contributed by atoms with E-state index in [-0.39, 0.29) is 17.6 Å². The summed E-state index contributed by atoms with van der Waals surface area (Å²) in [6.45, 7) is 15.2. The molecule has 0 saturated carbocycles. The van der Waals surface area contributed by atoms with E-state index in [0.717, 1.165) is 48.8 Å². The lowest BCUT2D eigenvalue weighted by atomic mass is 9.94. The van der Waals surface area contributed by atoms with Gasteiger partial charge in [0.05, 0.1) is 17.7 Å². The van der Waals surface area contributed by atoms with Crippen molar-refractivity contribution in [2.24, 2.45) is 0 Å². The second-order valence-corrected chi connectivity index (χ2v) is 11.5. The van der Waals surface area contributed by atoms with Gasteiger partial charge in [-0.05, 0) is 50.3 Å². The van der Waals surface area contributed by atoms with Gasteiger partial charge in [0.25, 0.3) is 0 Å². The summed E-state index contributed by atoms with van der Waals surface area (Å²) in [5, 5.41) is 10.4. The minimum absolute atomic E-state index is 0.0656. The molecule has 9 heteroatoms. The van der Waals surface area contributed by atoms with E-state index in [1.807, 2.05) is 11.0 Å². The number of rotatable bonds is 6. The number of aryl methyl sites for hydroxylation is 1. The fourth-order valence-electron chi connectivity index (χ4n) is 6.19. The first kappa shape index (κ1) is 27.0. The van der Waals surface area contributed by atoms with Gasteiger partial charge in [0, 0.05) is 70.5 Å². The van der Waals surface area contributed by atoms with Gasteiger partial charge >= 0.3 is 0 Å². The molecule has 3 atom stereocenters. The minimum atomic E-state index is -0.539. The van der Waals surface area contributed by atoms with Gasteiger partial charge < -0.3 is 14.9 Å². The maximum absolute atomic E-state index is 14.6. The molecule has 1 amide bonds. The molecule has 8 nitrogen and oxygen atoms in total. The van der Waals surface area contributed by atoms with Gasteiger partial charge in [-0.25, -0.2) is 14.4 Å². The van der Waals surface area contributed by atoms with Crippen LogP contribution in [-0.2, 0) is 4.79 Å². The molecule has 0 unspecified atom stereocenters. The first-order valence-electron chi connectivity index (χ1n) is 14.0. The summed E-state index contributed by atoms with van der Waals surface area (Å²) in [4.78, 5) is 31.8. The van der Waals surface area contributed by atoms with Crippen LogP contribution in [0.25, 0.3) is 0 Å². The first-order valence-corrected chi connectivity index (χ1v) is 14.0. The van der Waals surface area contributed by atoms with Crippen molar-refractivity contribution in [2.75, 3.05) is 63.8 Å². The Labute approximate surface area is 225 Å². The van der Waals surface area contributed by atoms with Crippen LogP contribution in [0.15, 0.2) is 24.5 Å². The highest BCUT2D eigenvalue weighted by atomic mass is 19.1.